The van der Waals surface area contributed by atoms with Crippen molar-refractivity contribution in [3.05, 3.63) is 77.2 Å². The van der Waals surface area contributed by atoms with Gasteiger partial charge in [0.15, 0.2) is 5.66 Å². The molecule has 36 heavy (non-hydrogen) atoms. The number of hydrogen-bond acceptors (Lipinski definition) is 6. The van der Waals surface area contributed by atoms with Gasteiger partial charge in [0.25, 0.3) is 5.78 Å². The van der Waals surface area contributed by atoms with E-state index in [1.807, 2.05) is 55.7 Å². The smallest absolute Gasteiger partial charge is 0.379 e. The van der Waals surface area contributed by atoms with E-state index in [4.69, 9.17) is 4.74 Å². The lowest BCUT2D eigenvalue weighted by atomic mass is 9.90. The van der Waals surface area contributed by atoms with Crippen LogP contribution in [-0.2, 0) is 30.3 Å². The van der Waals surface area contributed by atoms with Gasteiger partial charge >= 0.3 is 5.97 Å². The van der Waals surface area contributed by atoms with E-state index in [0.717, 1.165) is 0 Å². The molecule has 0 aliphatic carbocycles. The van der Waals surface area contributed by atoms with Crippen LogP contribution in [0.25, 0.3) is 5.70 Å². The van der Waals surface area contributed by atoms with Crippen molar-refractivity contribution in [1.29, 1.82) is 0 Å². The second-order valence-corrected chi connectivity index (χ2v) is 10.3. The first kappa shape index (κ1) is 27.2. The Morgan fingerprint density at radius 1 is 1.00 bits per heavy atom. The first-order chi connectivity index (χ1) is 17.1. The molecule has 7 nitrogen and oxygen atoms in total. The molecule has 0 saturated carbocycles. The Kier molecular flexibility index (Phi) is 8.74. The zero-order chi connectivity index (χ0) is 26.5. The van der Waals surface area contributed by atoms with E-state index in [1.54, 1.807) is 38.1 Å². The lowest BCUT2D eigenvalue weighted by Crippen LogP contribution is -2.70. The van der Waals surface area contributed by atoms with Gasteiger partial charge in [-0.2, -0.15) is 0 Å². The van der Waals surface area contributed by atoms with Gasteiger partial charge in [-0.15, -0.1) is 11.8 Å². The van der Waals surface area contributed by atoms with Crippen molar-refractivity contribution in [1.82, 2.24) is 10.2 Å². The normalized spacial score (nSPS) is 17.4. The zero-order valence-electron chi connectivity index (χ0n) is 21.2. The van der Waals surface area contributed by atoms with E-state index in [9.17, 15) is 19.2 Å². The predicted molar refractivity (Wildman–Crippen MR) is 140 cm³/mol. The molecule has 1 unspecified atom stereocenters. The van der Waals surface area contributed by atoms with Crippen LogP contribution in [0.2, 0.25) is 0 Å². The Labute approximate surface area is 216 Å². The summed E-state index contributed by atoms with van der Waals surface area (Å²) in [7, 11) is 0. The standard InChI is InChI=1S/C28H32N2O5S/c1-18(2)24-26(33)30(23(17-36-24)22-14-10-7-11-15-22)28(29-20(5)31,16-21-12-8-6-9-13-21)25(32)27(34)35-19(3)4/h6-15,17-19,24H,16H2,1-5H3,(H,29,31)/t24?,28-/m0/s1. The molecule has 8 heteroatoms. The Bertz CT molecular complexity index is 1150. The molecule has 2 aromatic rings. The van der Waals surface area contributed by atoms with Gasteiger partial charge in [-0.3, -0.25) is 19.3 Å². The summed E-state index contributed by atoms with van der Waals surface area (Å²) in [6, 6.07) is 18.1. The summed E-state index contributed by atoms with van der Waals surface area (Å²) in [6.45, 7) is 8.36. The third kappa shape index (κ3) is 5.87. The number of rotatable bonds is 9. The Morgan fingerprint density at radius 2 is 1.58 bits per heavy atom. The van der Waals surface area contributed by atoms with Crippen LogP contribution < -0.4 is 5.32 Å². The van der Waals surface area contributed by atoms with E-state index in [2.05, 4.69) is 5.32 Å². The minimum atomic E-state index is -2.04. The Hall–Kier alpha value is -3.39. The summed E-state index contributed by atoms with van der Waals surface area (Å²) in [5.41, 5.74) is -0.269. The minimum Gasteiger partial charge on any atom is -0.457 e. The van der Waals surface area contributed by atoms with E-state index in [1.165, 1.54) is 23.6 Å². The van der Waals surface area contributed by atoms with Crippen LogP contribution in [0.4, 0.5) is 0 Å². The number of carbonyl (C=O) groups excluding carboxylic acids is 4. The quantitative estimate of drug-likeness (QED) is 0.404. The Balaban J connectivity index is 2.31. The van der Waals surface area contributed by atoms with Crippen LogP contribution in [0.5, 0.6) is 0 Å². The molecule has 2 atom stereocenters. The largest absolute Gasteiger partial charge is 0.457 e. The predicted octanol–water partition coefficient (Wildman–Crippen LogP) is 4.18. The van der Waals surface area contributed by atoms with E-state index < -0.39 is 34.7 Å². The molecule has 0 radical (unpaired) electrons. The molecule has 2 aromatic carbocycles. The highest BCUT2D eigenvalue weighted by Crippen LogP contribution is 2.40. The number of amides is 2. The van der Waals surface area contributed by atoms with Gasteiger partial charge in [-0.25, -0.2) is 4.79 Å². The molecule has 0 aromatic heterocycles. The number of esters is 1. The average Bonchev–Trinajstić information content (AvgIpc) is 2.83. The lowest BCUT2D eigenvalue weighted by Gasteiger charge is -2.46. The number of thioether (sulfide) groups is 1. The first-order valence-corrected chi connectivity index (χ1v) is 12.8. The lowest BCUT2D eigenvalue weighted by molar-refractivity contribution is -0.164. The first-order valence-electron chi connectivity index (χ1n) is 11.9. The fourth-order valence-electron chi connectivity index (χ4n) is 4.17. The molecule has 1 heterocycles. The zero-order valence-corrected chi connectivity index (χ0v) is 22.0. The van der Waals surface area contributed by atoms with Gasteiger partial charge in [-0.05, 0) is 36.3 Å². The van der Waals surface area contributed by atoms with E-state index in [-0.39, 0.29) is 18.2 Å². The van der Waals surface area contributed by atoms with Gasteiger partial charge in [0.05, 0.1) is 17.1 Å². The summed E-state index contributed by atoms with van der Waals surface area (Å²) in [5, 5.41) is 4.03. The van der Waals surface area contributed by atoms with Crippen LogP contribution in [0.15, 0.2) is 66.1 Å². The maximum atomic E-state index is 14.1. The number of nitrogens with zero attached hydrogens (tertiary/aromatic N) is 1. The maximum Gasteiger partial charge on any atom is 0.379 e. The summed E-state index contributed by atoms with van der Waals surface area (Å²) >= 11 is 1.36. The van der Waals surface area contributed by atoms with E-state index in [0.29, 0.717) is 16.8 Å². The van der Waals surface area contributed by atoms with Crippen LogP contribution in [0, 0.1) is 5.92 Å². The van der Waals surface area contributed by atoms with Gasteiger partial charge in [-0.1, -0.05) is 74.5 Å². The fraction of sp³-hybridized carbons (Fsp3) is 0.357. The molecule has 0 bridgehead atoms. The van der Waals surface area contributed by atoms with Crippen molar-refractivity contribution in [2.24, 2.45) is 5.92 Å². The molecule has 0 fully saturated rings. The monoisotopic (exact) mass is 508 g/mol. The Morgan fingerprint density at radius 3 is 2.11 bits per heavy atom. The third-order valence-corrected chi connectivity index (χ3v) is 7.08. The molecule has 190 valence electrons. The van der Waals surface area contributed by atoms with Crippen molar-refractivity contribution in [3.8, 4) is 0 Å². The second kappa shape index (κ2) is 11.6. The molecule has 0 saturated heterocycles. The summed E-state index contributed by atoms with van der Waals surface area (Å²) in [4.78, 5) is 55.2. The van der Waals surface area contributed by atoms with Crippen molar-refractivity contribution >= 4 is 41.0 Å². The third-order valence-electron chi connectivity index (χ3n) is 5.68. The molecule has 0 spiro atoms. The van der Waals surface area contributed by atoms with Crippen molar-refractivity contribution in [2.45, 2.75) is 58.1 Å². The van der Waals surface area contributed by atoms with Crippen LogP contribution in [0.1, 0.15) is 45.7 Å². The molecule has 3 rings (SSSR count). The number of ether oxygens (including phenoxy) is 1. The second-order valence-electron chi connectivity index (χ2n) is 9.33. The SMILES string of the molecule is CC(=O)N[C@](Cc1ccccc1)(C(=O)C(=O)OC(C)C)N1C(=O)C(C(C)C)SC=C1c1ccccc1. The molecular formula is C28H32N2O5S. The topological polar surface area (TPSA) is 92.8 Å². The summed E-state index contributed by atoms with van der Waals surface area (Å²) in [5.74, 6) is -3.13. The molecule has 1 aliphatic rings. The highest BCUT2D eigenvalue weighted by Gasteiger charge is 2.54. The van der Waals surface area contributed by atoms with Gasteiger partial charge in [0.1, 0.15) is 0 Å². The highest BCUT2D eigenvalue weighted by molar-refractivity contribution is 8.03. The van der Waals surface area contributed by atoms with Crippen molar-refractivity contribution in [2.75, 3.05) is 0 Å². The number of benzene rings is 2. The van der Waals surface area contributed by atoms with Gasteiger partial charge in [0, 0.05) is 13.3 Å². The average molecular weight is 509 g/mol. The maximum absolute atomic E-state index is 14.1. The molecule has 1 aliphatic heterocycles. The van der Waals surface area contributed by atoms with E-state index >= 15 is 0 Å². The van der Waals surface area contributed by atoms with Crippen molar-refractivity contribution in [3.63, 3.8) is 0 Å². The van der Waals surface area contributed by atoms with Crippen LogP contribution >= 0.6 is 11.8 Å². The summed E-state index contributed by atoms with van der Waals surface area (Å²) in [6.07, 6.45) is -0.682. The number of hydrogen-bond donors (Lipinski definition) is 1. The van der Waals surface area contributed by atoms with Gasteiger partial charge < -0.3 is 10.1 Å². The number of Topliss-reactive ketones (excluding diaryl/α,β-unsaturated/α-hetero) is 1. The minimum absolute atomic E-state index is 0.0666. The number of ketones is 1. The highest BCUT2D eigenvalue weighted by atomic mass is 32.2. The molecule has 1 N–H and O–H groups in total. The van der Waals surface area contributed by atoms with Crippen LogP contribution in [-0.4, -0.2) is 45.5 Å². The number of nitrogens with one attached hydrogen (secondary N) is 1. The number of carbonyl (C=O) groups is 4. The van der Waals surface area contributed by atoms with Crippen molar-refractivity contribution < 1.29 is 23.9 Å². The molecule has 2 amide bonds. The molecular weight excluding hydrogens is 476 g/mol. The fourth-order valence-corrected chi connectivity index (χ4v) is 5.23. The van der Waals surface area contributed by atoms with Crippen LogP contribution in [0.3, 0.4) is 0 Å². The summed E-state index contributed by atoms with van der Waals surface area (Å²) < 4.78 is 5.28. The van der Waals surface area contributed by atoms with Gasteiger partial charge in [0.2, 0.25) is 11.8 Å².